The van der Waals surface area contributed by atoms with Gasteiger partial charge in [-0.2, -0.15) is 0 Å². The lowest BCUT2D eigenvalue weighted by Crippen LogP contribution is -2.44. The van der Waals surface area contributed by atoms with Crippen LogP contribution in [0.4, 0.5) is 0 Å². The summed E-state index contributed by atoms with van der Waals surface area (Å²) in [7, 11) is 1.75. The molecule has 1 unspecified atom stereocenters. The molecule has 0 fully saturated rings. The molecule has 21 heavy (non-hydrogen) atoms. The number of ether oxygens (including phenoxy) is 1. The molecule has 3 nitrogen and oxygen atoms in total. The normalized spacial score (nSPS) is 13.4. The molecule has 0 aliphatic carbocycles. The number of benzene rings is 1. The minimum Gasteiger partial charge on any atom is -0.383 e. The Hall–Kier alpha value is -1.16. The van der Waals surface area contributed by atoms with E-state index in [-0.39, 0.29) is 5.54 Å². The molecule has 0 heterocycles. The van der Waals surface area contributed by atoms with Gasteiger partial charge in [-0.3, -0.25) is 4.90 Å². The first kappa shape index (κ1) is 17.9. The second-order valence-corrected chi connectivity index (χ2v) is 6.33. The number of hydrogen-bond donors (Lipinski definition) is 1. The Balaban J connectivity index is 2.89. The third-order valence-electron chi connectivity index (χ3n) is 3.40. The molecule has 0 bridgehead atoms. The van der Waals surface area contributed by atoms with Crippen LogP contribution in [0, 0.1) is 0 Å². The molecule has 0 saturated heterocycles. The highest BCUT2D eigenvalue weighted by Crippen LogP contribution is 2.20. The number of nitrogens with one attached hydrogen (secondary N) is 1. The minimum atomic E-state index is 0.105. The van der Waals surface area contributed by atoms with Crippen molar-refractivity contribution in [2.45, 2.75) is 32.4 Å². The van der Waals surface area contributed by atoms with Crippen LogP contribution in [0.25, 0.3) is 0 Å². The maximum atomic E-state index is 5.25. The molecule has 0 aromatic heterocycles. The van der Waals surface area contributed by atoms with E-state index in [1.165, 1.54) is 5.56 Å². The Morgan fingerprint density at radius 3 is 2.48 bits per heavy atom. The predicted octanol–water partition coefficient (Wildman–Crippen LogP) is 3.25. The summed E-state index contributed by atoms with van der Waals surface area (Å²) < 4.78 is 5.25. The van der Waals surface area contributed by atoms with Crippen molar-refractivity contribution in [1.29, 1.82) is 0 Å². The topological polar surface area (TPSA) is 24.5 Å². The average Bonchev–Trinajstić information content (AvgIpc) is 2.44. The van der Waals surface area contributed by atoms with Crippen molar-refractivity contribution in [1.82, 2.24) is 10.2 Å². The maximum absolute atomic E-state index is 5.25. The Bertz CT molecular complexity index is 397. The Labute approximate surface area is 130 Å². The Morgan fingerprint density at radius 2 is 1.95 bits per heavy atom. The first-order chi connectivity index (χ1) is 9.98. The summed E-state index contributed by atoms with van der Waals surface area (Å²) in [4.78, 5) is 2.41. The van der Waals surface area contributed by atoms with Gasteiger partial charge in [0.25, 0.3) is 0 Å². The number of methoxy groups -OCH3 is 1. The highest BCUT2D eigenvalue weighted by Gasteiger charge is 2.21. The van der Waals surface area contributed by atoms with Gasteiger partial charge in [-0.1, -0.05) is 36.4 Å². The van der Waals surface area contributed by atoms with E-state index in [4.69, 9.17) is 4.74 Å². The van der Waals surface area contributed by atoms with Crippen molar-refractivity contribution in [3.8, 4) is 0 Å². The first-order valence-corrected chi connectivity index (χ1v) is 7.62. The summed E-state index contributed by atoms with van der Waals surface area (Å²) in [5, 5.41) is 3.62. The molecule has 1 N–H and O–H groups in total. The van der Waals surface area contributed by atoms with E-state index in [0.29, 0.717) is 6.04 Å². The van der Waals surface area contributed by atoms with Gasteiger partial charge in [-0.15, -0.1) is 6.58 Å². The van der Waals surface area contributed by atoms with Crippen LogP contribution in [-0.4, -0.2) is 43.8 Å². The van der Waals surface area contributed by atoms with E-state index in [1.54, 1.807) is 7.11 Å². The first-order valence-electron chi connectivity index (χ1n) is 7.62. The summed E-state index contributed by atoms with van der Waals surface area (Å²) in [6, 6.07) is 11.0. The predicted molar refractivity (Wildman–Crippen MR) is 90.6 cm³/mol. The van der Waals surface area contributed by atoms with Crippen LogP contribution in [0.5, 0.6) is 0 Å². The molecule has 3 heteroatoms. The van der Waals surface area contributed by atoms with Gasteiger partial charge in [0.1, 0.15) is 0 Å². The molecule has 0 aliphatic rings. The van der Waals surface area contributed by atoms with Crippen molar-refractivity contribution >= 4 is 0 Å². The molecule has 0 radical (unpaired) electrons. The molecule has 0 spiro atoms. The van der Waals surface area contributed by atoms with Gasteiger partial charge in [-0.05, 0) is 26.3 Å². The van der Waals surface area contributed by atoms with E-state index in [0.717, 1.165) is 26.2 Å². The minimum absolute atomic E-state index is 0.105. The lowest BCUT2D eigenvalue weighted by molar-refractivity contribution is 0.124. The van der Waals surface area contributed by atoms with Gasteiger partial charge in [0.2, 0.25) is 0 Å². The summed E-state index contributed by atoms with van der Waals surface area (Å²) in [6.45, 7) is 13.9. The van der Waals surface area contributed by atoms with Crippen LogP contribution >= 0.6 is 0 Å². The van der Waals surface area contributed by atoms with Crippen LogP contribution in [-0.2, 0) is 4.74 Å². The number of nitrogens with zero attached hydrogens (tertiary/aromatic N) is 1. The molecule has 0 aliphatic heterocycles. The van der Waals surface area contributed by atoms with Crippen LogP contribution in [0.3, 0.4) is 0 Å². The third-order valence-corrected chi connectivity index (χ3v) is 3.40. The van der Waals surface area contributed by atoms with Crippen LogP contribution in [0.1, 0.15) is 32.4 Å². The van der Waals surface area contributed by atoms with E-state index in [2.05, 4.69) is 67.9 Å². The number of hydrogen-bond acceptors (Lipinski definition) is 3. The van der Waals surface area contributed by atoms with Gasteiger partial charge in [-0.25, -0.2) is 0 Å². The third kappa shape index (κ3) is 6.89. The van der Waals surface area contributed by atoms with Crippen molar-refractivity contribution in [2.24, 2.45) is 0 Å². The summed E-state index contributed by atoms with van der Waals surface area (Å²) in [5.74, 6) is 0. The van der Waals surface area contributed by atoms with Crippen molar-refractivity contribution in [2.75, 3.05) is 33.4 Å². The summed E-state index contributed by atoms with van der Waals surface area (Å²) in [5.41, 5.74) is 1.43. The standard InChI is InChI=1S/C18H30N2O/c1-6-12-20(13-14-21-5)17(15-19-18(2,3)4)16-10-8-7-9-11-16/h6-11,17,19H,1,12-15H2,2-5H3. The van der Waals surface area contributed by atoms with E-state index < -0.39 is 0 Å². The van der Waals surface area contributed by atoms with E-state index >= 15 is 0 Å². The van der Waals surface area contributed by atoms with Gasteiger partial charge in [0.05, 0.1) is 6.61 Å². The zero-order valence-corrected chi connectivity index (χ0v) is 13.9. The lowest BCUT2D eigenvalue weighted by atomic mass is 10.0. The van der Waals surface area contributed by atoms with E-state index in [9.17, 15) is 0 Å². The zero-order chi connectivity index (χ0) is 15.7. The largest absolute Gasteiger partial charge is 0.383 e. The van der Waals surface area contributed by atoms with Gasteiger partial charge in [0.15, 0.2) is 0 Å². The fourth-order valence-corrected chi connectivity index (χ4v) is 2.28. The van der Waals surface area contributed by atoms with Gasteiger partial charge in [0, 0.05) is 38.3 Å². The highest BCUT2D eigenvalue weighted by molar-refractivity contribution is 5.20. The van der Waals surface area contributed by atoms with Gasteiger partial charge < -0.3 is 10.1 Å². The molecule has 1 aromatic rings. The molecule has 0 amide bonds. The second kappa shape index (κ2) is 8.98. The quantitative estimate of drug-likeness (QED) is 0.707. The van der Waals surface area contributed by atoms with Crippen LogP contribution in [0.2, 0.25) is 0 Å². The zero-order valence-electron chi connectivity index (χ0n) is 13.9. The summed E-state index contributed by atoms with van der Waals surface area (Å²) in [6.07, 6.45) is 1.96. The molecule has 118 valence electrons. The van der Waals surface area contributed by atoms with E-state index in [1.807, 2.05) is 6.08 Å². The van der Waals surface area contributed by atoms with Gasteiger partial charge >= 0.3 is 0 Å². The second-order valence-electron chi connectivity index (χ2n) is 6.33. The molecular weight excluding hydrogens is 260 g/mol. The fourth-order valence-electron chi connectivity index (χ4n) is 2.28. The average molecular weight is 290 g/mol. The lowest BCUT2D eigenvalue weighted by Gasteiger charge is -2.34. The molecule has 1 rings (SSSR count). The van der Waals surface area contributed by atoms with Crippen molar-refractivity contribution < 1.29 is 4.74 Å². The Morgan fingerprint density at radius 1 is 1.29 bits per heavy atom. The summed E-state index contributed by atoms with van der Waals surface area (Å²) >= 11 is 0. The SMILES string of the molecule is C=CCN(CCOC)C(CNC(C)(C)C)c1ccccc1. The monoisotopic (exact) mass is 290 g/mol. The maximum Gasteiger partial charge on any atom is 0.0590 e. The Kier molecular flexibility index (Phi) is 7.65. The molecular formula is C18H30N2O. The molecule has 0 saturated carbocycles. The molecule has 1 atom stereocenters. The van der Waals surface area contributed by atoms with Crippen molar-refractivity contribution in [3.63, 3.8) is 0 Å². The van der Waals surface area contributed by atoms with Crippen LogP contribution < -0.4 is 5.32 Å². The highest BCUT2D eigenvalue weighted by atomic mass is 16.5. The smallest absolute Gasteiger partial charge is 0.0590 e. The number of rotatable bonds is 9. The fraction of sp³-hybridized carbons (Fsp3) is 0.556. The molecule has 1 aromatic carbocycles. The van der Waals surface area contributed by atoms with Crippen LogP contribution in [0.15, 0.2) is 43.0 Å². The van der Waals surface area contributed by atoms with Crippen molar-refractivity contribution in [3.05, 3.63) is 48.6 Å².